The van der Waals surface area contributed by atoms with Gasteiger partial charge < -0.3 is 4.74 Å². The Bertz CT molecular complexity index is 88.7. The number of nitrogens with zero attached hydrogens (tertiary/aromatic N) is 1. The van der Waals surface area contributed by atoms with E-state index in [9.17, 15) is 0 Å². The van der Waals surface area contributed by atoms with E-state index in [4.69, 9.17) is 10.00 Å². The van der Waals surface area contributed by atoms with Crippen molar-refractivity contribution < 1.29 is 4.74 Å². The van der Waals surface area contributed by atoms with Crippen LogP contribution in [0.3, 0.4) is 0 Å². The molecule has 2 nitrogen and oxygen atoms in total. The number of rotatable bonds is 0. The molecule has 1 aliphatic rings. The molecule has 0 aromatic rings. The number of hydrogen-bond donors (Lipinski definition) is 0. The molecule has 7 heavy (non-hydrogen) atoms. The Hall–Kier alpha value is -0.550. The lowest BCUT2D eigenvalue weighted by molar-refractivity contribution is 0.150. The first-order valence-electron chi connectivity index (χ1n) is 2.44. The van der Waals surface area contributed by atoms with Crippen LogP contribution in [-0.2, 0) is 4.74 Å². The molecule has 1 atom stereocenters. The Morgan fingerprint density at radius 1 is 1.71 bits per heavy atom. The average Bonchev–Trinajstić information content (AvgIpc) is 2.14. The van der Waals surface area contributed by atoms with Crippen molar-refractivity contribution in [1.82, 2.24) is 0 Å². The second kappa shape index (κ2) is 1.94. The maximum absolute atomic E-state index is 8.19. The molecule has 1 aliphatic heterocycles. The zero-order valence-electron chi connectivity index (χ0n) is 4.05. The van der Waals surface area contributed by atoms with Gasteiger partial charge in [-0.05, 0) is 12.8 Å². The van der Waals surface area contributed by atoms with Gasteiger partial charge in [-0.15, -0.1) is 0 Å². The largest absolute Gasteiger partial charge is 0.363 e. The standard InChI is InChI=1S/C5H7NO/c6-4-5-2-1-3-7-5/h5H,1-3H2/t5-/m1/s1. The second-order valence-electron chi connectivity index (χ2n) is 1.63. The zero-order valence-corrected chi connectivity index (χ0v) is 4.05. The van der Waals surface area contributed by atoms with Gasteiger partial charge in [0.25, 0.3) is 0 Å². The van der Waals surface area contributed by atoms with Crippen molar-refractivity contribution >= 4 is 0 Å². The van der Waals surface area contributed by atoms with Crippen LogP contribution in [0.1, 0.15) is 12.8 Å². The smallest absolute Gasteiger partial charge is 0.144 e. The monoisotopic (exact) mass is 97.1 g/mol. The maximum atomic E-state index is 8.19. The Morgan fingerprint density at radius 2 is 2.57 bits per heavy atom. The van der Waals surface area contributed by atoms with Crippen LogP contribution in [0.5, 0.6) is 0 Å². The molecule has 0 spiro atoms. The van der Waals surface area contributed by atoms with E-state index in [1.165, 1.54) is 0 Å². The van der Waals surface area contributed by atoms with E-state index >= 15 is 0 Å². The molecule has 1 fully saturated rings. The first-order chi connectivity index (χ1) is 3.43. The summed E-state index contributed by atoms with van der Waals surface area (Å²) < 4.78 is 4.94. The first kappa shape index (κ1) is 4.61. The van der Waals surface area contributed by atoms with Crippen molar-refractivity contribution in [2.75, 3.05) is 6.61 Å². The molecule has 38 valence electrons. The van der Waals surface area contributed by atoms with Gasteiger partial charge in [-0.25, -0.2) is 0 Å². The molecular formula is C5H7NO. The minimum Gasteiger partial charge on any atom is -0.363 e. The summed E-state index contributed by atoms with van der Waals surface area (Å²) in [5.41, 5.74) is 0. The zero-order chi connectivity index (χ0) is 5.11. The molecule has 0 aliphatic carbocycles. The minimum atomic E-state index is -0.0972. The van der Waals surface area contributed by atoms with Crippen LogP contribution < -0.4 is 0 Å². The molecule has 1 saturated heterocycles. The second-order valence-corrected chi connectivity index (χ2v) is 1.63. The third kappa shape index (κ3) is 0.908. The predicted octanol–water partition coefficient (Wildman–Crippen LogP) is 0.689. The fraction of sp³-hybridized carbons (Fsp3) is 0.800. The van der Waals surface area contributed by atoms with Gasteiger partial charge in [0.1, 0.15) is 6.10 Å². The number of hydrogen-bond acceptors (Lipinski definition) is 2. The van der Waals surface area contributed by atoms with Crippen LogP contribution in [0, 0.1) is 11.3 Å². The molecular weight excluding hydrogens is 90.1 g/mol. The Morgan fingerprint density at radius 3 is 2.86 bits per heavy atom. The first-order valence-corrected chi connectivity index (χ1v) is 2.44. The highest BCUT2D eigenvalue weighted by Crippen LogP contribution is 2.09. The van der Waals surface area contributed by atoms with Gasteiger partial charge in [-0.1, -0.05) is 0 Å². The molecule has 0 bridgehead atoms. The lowest BCUT2D eigenvalue weighted by atomic mass is 10.3. The van der Waals surface area contributed by atoms with Gasteiger partial charge >= 0.3 is 0 Å². The fourth-order valence-corrected chi connectivity index (χ4v) is 0.679. The van der Waals surface area contributed by atoms with Gasteiger partial charge in [0.2, 0.25) is 0 Å². The van der Waals surface area contributed by atoms with E-state index in [0.29, 0.717) is 0 Å². The number of ether oxygens (including phenoxy) is 1. The summed E-state index contributed by atoms with van der Waals surface area (Å²) in [6, 6.07) is 2.04. The summed E-state index contributed by atoms with van der Waals surface area (Å²) in [5, 5.41) is 8.19. The van der Waals surface area contributed by atoms with Crippen molar-refractivity contribution in [3.05, 3.63) is 0 Å². The van der Waals surface area contributed by atoms with Crippen LogP contribution >= 0.6 is 0 Å². The lowest BCUT2D eigenvalue weighted by Gasteiger charge is -1.91. The third-order valence-electron chi connectivity index (χ3n) is 1.07. The van der Waals surface area contributed by atoms with Crippen molar-refractivity contribution in [3.63, 3.8) is 0 Å². The molecule has 0 saturated carbocycles. The summed E-state index contributed by atoms with van der Waals surface area (Å²) in [4.78, 5) is 0. The minimum absolute atomic E-state index is 0.0972. The quantitative estimate of drug-likeness (QED) is 0.445. The van der Waals surface area contributed by atoms with Crippen molar-refractivity contribution in [2.24, 2.45) is 0 Å². The van der Waals surface area contributed by atoms with Crippen molar-refractivity contribution in [3.8, 4) is 6.07 Å². The summed E-state index contributed by atoms with van der Waals surface area (Å²) in [6.07, 6.45) is 1.88. The summed E-state index contributed by atoms with van der Waals surface area (Å²) >= 11 is 0. The van der Waals surface area contributed by atoms with Gasteiger partial charge in [0.05, 0.1) is 6.07 Å². The van der Waals surface area contributed by atoms with Gasteiger partial charge in [0, 0.05) is 6.61 Å². The van der Waals surface area contributed by atoms with E-state index < -0.39 is 0 Å². The normalized spacial score (nSPS) is 29.9. The van der Waals surface area contributed by atoms with Crippen LogP contribution in [0.4, 0.5) is 0 Å². The molecule has 1 heterocycles. The average molecular weight is 97.1 g/mol. The molecule has 2 heteroatoms. The van der Waals surface area contributed by atoms with Gasteiger partial charge in [0.15, 0.2) is 0 Å². The SMILES string of the molecule is N#C[C@H]1CCCO1. The van der Waals surface area contributed by atoms with Gasteiger partial charge in [-0.3, -0.25) is 0 Å². The van der Waals surface area contributed by atoms with Crippen molar-refractivity contribution in [2.45, 2.75) is 18.9 Å². The highest BCUT2D eigenvalue weighted by Gasteiger charge is 2.12. The van der Waals surface area contributed by atoms with Crippen LogP contribution in [0.2, 0.25) is 0 Å². The van der Waals surface area contributed by atoms with Crippen LogP contribution in [0.15, 0.2) is 0 Å². The highest BCUT2D eigenvalue weighted by atomic mass is 16.5. The predicted molar refractivity (Wildman–Crippen MR) is 24.6 cm³/mol. The molecule has 0 amide bonds. The van der Waals surface area contributed by atoms with E-state index in [2.05, 4.69) is 0 Å². The van der Waals surface area contributed by atoms with Crippen LogP contribution in [-0.4, -0.2) is 12.7 Å². The molecule has 0 aromatic carbocycles. The highest BCUT2D eigenvalue weighted by molar-refractivity contribution is 4.86. The Balaban J connectivity index is 2.31. The molecule has 0 N–H and O–H groups in total. The molecule has 0 radical (unpaired) electrons. The fourth-order valence-electron chi connectivity index (χ4n) is 0.679. The van der Waals surface area contributed by atoms with E-state index in [0.717, 1.165) is 19.4 Å². The van der Waals surface area contributed by atoms with E-state index in [-0.39, 0.29) is 6.10 Å². The van der Waals surface area contributed by atoms with E-state index in [1.807, 2.05) is 6.07 Å². The van der Waals surface area contributed by atoms with Gasteiger partial charge in [-0.2, -0.15) is 5.26 Å². The molecule has 0 unspecified atom stereocenters. The van der Waals surface area contributed by atoms with Crippen molar-refractivity contribution in [1.29, 1.82) is 5.26 Å². The Kier molecular flexibility index (Phi) is 1.28. The summed E-state index contributed by atoms with van der Waals surface area (Å²) in [6.45, 7) is 0.776. The molecule has 0 aromatic heterocycles. The van der Waals surface area contributed by atoms with Crippen LogP contribution in [0.25, 0.3) is 0 Å². The summed E-state index contributed by atoms with van der Waals surface area (Å²) in [7, 11) is 0. The molecule has 1 rings (SSSR count). The summed E-state index contributed by atoms with van der Waals surface area (Å²) in [5.74, 6) is 0. The third-order valence-corrected chi connectivity index (χ3v) is 1.07. The number of nitriles is 1. The topological polar surface area (TPSA) is 33.0 Å². The van der Waals surface area contributed by atoms with E-state index in [1.54, 1.807) is 0 Å². The maximum Gasteiger partial charge on any atom is 0.144 e. The lowest BCUT2D eigenvalue weighted by Crippen LogP contribution is -1.98. The Labute approximate surface area is 42.7 Å².